The lowest BCUT2D eigenvalue weighted by atomic mass is 10.0. The third kappa shape index (κ3) is 2.64. The van der Waals surface area contributed by atoms with Crippen LogP contribution in [0.25, 0.3) is 0 Å². The SMILES string of the molecule is COc1cc(C)c(O)cc1C(N)CC(=O)O. The van der Waals surface area contributed by atoms with E-state index in [4.69, 9.17) is 15.6 Å². The van der Waals surface area contributed by atoms with Gasteiger partial charge in [0.15, 0.2) is 0 Å². The van der Waals surface area contributed by atoms with Crippen molar-refractivity contribution in [3.05, 3.63) is 23.3 Å². The fourth-order valence-electron chi connectivity index (χ4n) is 1.45. The number of hydrogen-bond donors (Lipinski definition) is 3. The standard InChI is InChI=1S/C11H15NO4/c1-6-3-10(16-2)7(4-9(6)13)8(12)5-11(14)15/h3-4,8,13H,5,12H2,1-2H3,(H,14,15). The molecule has 1 unspecified atom stereocenters. The summed E-state index contributed by atoms with van der Waals surface area (Å²) in [4.78, 5) is 10.6. The average Bonchev–Trinajstić information content (AvgIpc) is 2.20. The first kappa shape index (κ1) is 12.3. The van der Waals surface area contributed by atoms with E-state index in [0.717, 1.165) is 0 Å². The minimum absolute atomic E-state index is 0.0802. The summed E-state index contributed by atoms with van der Waals surface area (Å²) in [6, 6.07) is 2.38. The van der Waals surface area contributed by atoms with Gasteiger partial charge in [-0.25, -0.2) is 0 Å². The molecule has 1 atom stereocenters. The third-order valence-corrected chi connectivity index (χ3v) is 2.34. The van der Waals surface area contributed by atoms with Gasteiger partial charge in [-0.15, -0.1) is 0 Å². The van der Waals surface area contributed by atoms with Crippen molar-refractivity contribution in [2.45, 2.75) is 19.4 Å². The first-order chi connectivity index (χ1) is 7.45. The van der Waals surface area contributed by atoms with Gasteiger partial charge in [0.25, 0.3) is 0 Å². The normalized spacial score (nSPS) is 12.2. The highest BCUT2D eigenvalue weighted by atomic mass is 16.5. The summed E-state index contributed by atoms with van der Waals surface area (Å²) in [7, 11) is 1.48. The van der Waals surface area contributed by atoms with E-state index in [9.17, 15) is 9.90 Å². The highest BCUT2D eigenvalue weighted by Gasteiger charge is 2.17. The summed E-state index contributed by atoms with van der Waals surface area (Å²) in [6.07, 6.45) is -0.209. The Morgan fingerprint density at radius 2 is 2.19 bits per heavy atom. The second-order valence-corrected chi connectivity index (χ2v) is 3.59. The van der Waals surface area contributed by atoms with Gasteiger partial charge in [0.2, 0.25) is 0 Å². The monoisotopic (exact) mass is 225 g/mol. The van der Waals surface area contributed by atoms with Crippen LogP contribution in [0.2, 0.25) is 0 Å². The maximum atomic E-state index is 10.6. The van der Waals surface area contributed by atoms with E-state index in [0.29, 0.717) is 16.9 Å². The Kier molecular flexibility index (Phi) is 3.73. The van der Waals surface area contributed by atoms with E-state index < -0.39 is 12.0 Å². The van der Waals surface area contributed by atoms with Crippen LogP contribution >= 0.6 is 0 Å². The Morgan fingerprint density at radius 1 is 1.56 bits per heavy atom. The Balaban J connectivity index is 3.10. The van der Waals surface area contributed by atoms with Crippen molar-refractivity contribution in [3.8, 4) is 11.5 Å². The lowest BCUT2D eigenvalue weighted by Crippen LogP contribution is -2.16. The average molecular weight is 225 g/mol. The summed E-state index contributed by atoms with van der Waals surface area (Å²) in [5, 5.41) is 18.2. The molecule has 1 aromatic carbocycles. The zero-order valence-corrected chi connectivity index (χ0v) is 9.23. The Bertz CT molecular complexity index is 403. The van der Waals surface area contributed by atoms with Gasteiger partial charge in [-0.3, -0.25) is 4.79 Å². The van der Waals surface area contributed by atoms with Crippen LogP contribution < -0.4 is 10.5 Å². The summed E-state index contributed by atoms with van der Waals surface area (Å²) >= 11 is 0. The highest BCUT2D eigenvalue weighted by molar-refractivity contribution is 5.68. The first-order valence-corrected chi connectivity index (χ1v) is 4.80. The number of nitrogens with two attached hydrogens (primary N) is 1. The maximum absolute atomic E-state index is 10.6. The van der Waals surface area contributed by atoms with E-state index in [-0.39, 0.29) is 12.2 Å². The Labute approximate surface area is 93.5 Å². The summed E-state index contributed by atoms with van der Waals surface area (Å²) in [5.41, 5.74) is 6.87. The largest absolute Gasteiger partial charge is 0.508 e. The van der Waals surface area contributed by atoms with Crippen molar-refractivity contribution in [2.75, 3.05) is 7.11 Å². The van der Waals surface area contributed by atoms with Crippen molar-refractivity contribution >= 4 is 5.97 Å². The van der Waals surface area contributed by atoms with Gasteiger partial charge in [-0.2, -0.15) is 0 Å². The molecule has 5 nitrogen and oxygen atoms in total. The van der Waals surface area contributed by atoms with Crippen molar-refractivity contribution in [1.82, 2.24) is 0 Å². The number of ether oxygens (including phenoxy) is 1. The van der Waals surface area contributed by atoms with Crippen molar-refractivity contribution < 1.29 is 19.7 Å². The number of aliphatic carboxylic acids is 1. The van der Waals surface area contributed by atoms with E-state index in [1.54, 1.807) is 13.0 Å². The van der Waals surface area contributed by atoms with Crippen LogP contribution in [0.3, 0.4) is 0 Å². The molecule has 1 aromatic rings. The number of carboxylic acid groups (broad SMARTS) is 1. The third-order valence-electron chi connectivity index (χ3n) is 2.34. The predicted octanol–water partition coefficient (Wildman–Crippen LogP) is 1.18. The molecule has 0 fully saturated rings. The summed E-state index contributed by atoms with van der Waals surface area (Å²) in [6.45, 7) is 1.73. The topological polar surface area (TPSA) is 92.8 Å². The summed E-state index contributed by atoms with van der Waals surface area (Å²) < 4.78 is 5.10. The van der Waals surface area contributed by atoms with Crippen LogP contribution in [0.15, 0.2) is 12.1 Å². The lowest BCUT2D eigenvalue weighted by Gasteiger charge is -2.15. The molecule has 0 saturated heterocycles. The number of phenolic OH excluding ortho intramolecular Hbond substituents is 1. The van der Waals surface area contributed by atoms with Crippen LogP contribution in [-0.2, 0) is 4.79 Å². The Hall–Kier alpha value is -1.75. The molecular formula is C11H15NO4. The van der Waals surface area contributed by atoms with Crippen LogP contribution in [0.5, 0.6) is 11.5 Å². The van der Waals surface area contributed by atoms with Gasteiger partial charge in [-0.05, 0) is 24.6 Å². The molecule has 1 rings (SSSR count). The van der Waals surface area contributed by atoms with Gasteiger partial charge in [0.1, 0.15) is 11.5 Å². The highest BCUT2D eigenvalue weighted by Crippen LogP contribution is 2.31. The van der Waals surface area contributed by atoms with Crippen molar-refractivity contribution in [3.63, 3.8) is 0 Å². The number of carboxylic acids is 1. The van der Waals surface area contributed by atoms with Gasteiger partial charge >= 0.3 is 5.97 Å². The molecule has 88 valence electrons. The maximum Gasteiger partial charge on any atom is 0.305 e. The molecule has 0 aliphatic rings. The zero-order valence-electron chi connectivity index (χ0n) is 9.23. The van der Waals surface area contributed by atoms with E-state index in [1.165, 1.54) is 13.2 Å². The molecule has 0 amide bonds. The second-order valence-electron chi connectivity index (χ2n) is 3.59. The van der Waals surface area contributed by atoms with Gasteiger partial charge in [0, 0.05) is 11.6 Å². The molecule has 4 N–H and O–H groups in total. The molecule has 0 aliphatic heterocycles. The number of methoxy groups -OCH3 is 1. The second kappa shape index (κ2) is 4.85. The molecule has 0 saturated carbocycles. The molecule has 0 radical (unpaired) electrons. The van der Waals surface area contributed by atoms with Crippen LogP contribution in [0, 0.1) is 6.92 Å². The smallest absolute Gasteiger partial charge is 0.305 e. The van der Waals surface area contributed by atoms with E-state index >= 15 is 0 Å². The number of hydrogen-bond acceptors (Lipinski definition) is 4. The van der Waals surface area contributed by atoms with Crippen LogP contribution in [0.1, 0.15) is 23.6 Å². The molecular weight excluding hydrogens is 210 g/mol. The molecule has 16 heavy (non-hydrogen) atoms. The van der Waals surface area contributed by atoms with E-state index in [1.807, 2.05) is 0 Å². The number of benzene rings is 1. The van der Waals surface area contributed by atoms with Crippen LogP contribution in [0.4, 0.5) is 0 Å². The zero-order chi connectivity index (χ0) is 12.3. The number of aryl methyl sites for hydroxylation is 1. The molecule has 0 bridgehead atoms. The Morgan fingerprint density at radius 3 is 2.69 bits per heavy atom. The van der Waals surface area contributed by atoms with Crippen molar-refractivity contribution in [1.29, 1.82) is 0 Å². The van der Waals surface area contributed by atoms with Crippen molar-refractivity contribution in [2.24, 2.45) is 5.73 Å². The minimum Gasteiger partial charge on any atom is -0.508 e. The first-order valence-electron chi connectivity index (χ1n) is 4.80. The number of rotatable bonds is 4. The number of carbonyl (C=O) groups is 1. The molecule has 0 heterocycles. The van der Waals surface area contributed by atoms with Gasteiger partial charge in [0.05, 0.1) is 13.5 Å². The lowest BCUT2D eigenvalue weighted by molar-refractivity contribution is -0.137. The molecule has 0 aromatic heterocycles. The summed E-state index contributed by atoms with van der Waals surface area (Å²) in [5.74, 6) is -0.421. The van der Waals surface area contributed by atoms with E-state index in [2.05, 4.69) is 0 Å². The molecule has 0 spiro atoms. The number of phenols is 1. The van der Waals surface area contributed by atoms with Crippen LogP contribution in [-0.4, -0.2) is 23.3 Å². The molecule has 0 aliphatic carbocycles. The molecule has 5 heteroatoms. The van der Waals surface area contributed by atoms with Gasteiger partial charge in [-0.1, -0.05) is 0 Å². The quantitative estimate of drug-likeness (QED) is 0.715. The fourth-order valence-corrected chi connectivity index (χ4v) is 1.45. The fraction of sp³-hybridized carbons (Fsp3) is 0.364. The predicted molar refractivity (Wildman–Crippen MR) is 58.6 cm³/mol. The minimum atomic E-state index is -0.991. The van der Waals surface area contributed by atoms with Gasteiger partial charge < -0.3 is 20.7 Å². The number of aromatic hydroxyl groups is 1.